The van der Waals surface area contributed by atoms with E-state index in [9.17, 15) is 4.79 Å². The van der Waals surface area contributed by atoms with Crippen molar-refractivity contribution in [1.29, 1.82) is 0 Å². The molecule has 1 fully saturated rings. The summed E-state index contributed by atoms with van der Waals surface area (Å²) in [6, 6.07) is 15.7. The Morgan fingerprint density at radius 3 is 2.54 bits per heavy atom. The molecule has 0 aliphatic heterocycles. The lowest BCUT2D eigenvalue weighted by Crippen LogP contribution is -2.27. The molecule has 1 amide bonds. The second-order valence-electron chi connectivity index (χ2n) is 6.92. The van der Waals surface area contributed by atoms with Crippen LogP contribution in [0.4, 0.5) is 5.13 Å². The van der Waals surface area contributed by atoms with E-state index in [1.165, 1.54) is 11.3 Å². The van der Waals surface area contributed by atoms with Crippen LogP contribution in [-0.4, -0.2) is 25.1 Å². The standard InChI is InChI=1S/C22H22N2O3S/c1-26-17-8-6-16(7-9-17)22(10-11-22)20(25)24-21-23-14-19(28-21)13-15-4-3-5-18(12-15)27-2/h3-9,12,14H,10-11,13H2,1-2H3,(H,23,24,25). The number of thiazole rings is 1. The molecule has 0 saturated heterocycles. The van der Waals surface area contributed by atoms with Crippen LogP contribution in [-0.2, 0) is 16.6 Å². The molecule has 5 nitrogen and oxygen atoms in total. The quantitative estimate of drug-likeness (QED) is 0.644. The molecule has 4 rings (SSSR count). The normalized spacial score (nSPS) is 14.4. The molecule has 0 bridgehead atoms. The summed E-state index contributed by atoms with van der Waals surface area (Å²) in [6.07, 6.45) is 4.29. The second-order valence-corrected chi connectivity index (χ2v) is 8.04. The molecule has 0 radical (unpaired) electrons. The highest BCUT2D eigenvalue weighted by atomic mass is 32.1. The summed E-state index contributed by atoms with van der Waals surface area (Å²) in [5, 5.41) is 3.65. The molecule has 1 saturated carbocycles. The van der Waals surface area contributed by atoms with Gasteiger partial charge in [-0.2, -0.15) is 0 Å². The summed E-state index contributed by atoms with van der Waals surface area (Å²) in [5.74, 6) is 1.65. The van der Waals surface area contributed by atoms with Crippen molar-refractivity contribution < 1.29 is 14.3 Å². The molecule has 1 aliphatic rings. The first-order valence-electron chi connectivity index (χ1n) is 9.16. The van der Waals surface area contributed by atoms with Gasteiger partial charge in [-0.05, 0) is 48.2 Å². The lowest BCUT2D eigenvalue weighted by Gasteiger charge is -2.15. The van der Waals surface area contributed by atoms with Crippen LogP contribution in [0.2, 0.25) is 0 Å². The van der Waals surface area contributed by atoms with Gasteiger partial charge in [0.2, 0.25) is 5.91 Å². The van der Waals surface area contributed by atoms with Crippen molar-refractivity contribution in [3.05, 3.63) is 70.7 Å². The van der Waals surface area contributed by atoms with Crippen LogP contribution >= 0.6 is 11.3 Å². The number of benzene rings is 2. The van der Waals surface area contributed by atoms with Crippen molar-refractivity contribution in [2.24, 2.45) is 0 Å². The lowest BCUT2D eigenvalue weighted by atomic mass is 9.95. The maximum absolute atomic E-state index is 12.9. The molecule has 144 valence electrons. The monoisotopic (exact) mass is 394 g/mol. The Hall–Kier alpha value is -2.86. The zero-order chi connectivity index (χ0) is 19.6. The zero-order valence-corrected chi connectivity index (χ0v) is 16.7. The Balaban J connectivity index is 1.43. The first-order valence-corrected chi connectivity index (χ1v) is 9.98. The number of carbonyl (C=O) groups is 1. The minimum absolute atomic E-state index is 0.0138. The van der Waals surface area contributed by atoms with Crippen molar-refractivity contribution in [2.75, 3.05) is 19.5 Å². The summed E-state index contributed by atoms with van der Waals surface area (Å²) in [4.78, 5) is 18.4. The highest BCUT2D eigenvalue weighted by Crippen LogP contribution is 2.49. The fourth-order valence-corrected chi connectivity index (χ4v) is 4.17. The van der Waals surface area contributed by atoms with Crippen LogP contribution in [0.15, 0.2) is 54.7 Å². The number of aromatic nitrogens is 1. The van der Waals surface area contributed by atoms with Gasteiger partial charge in [0.15, 0.2) is 5.13 Å². The first kappa shape index (κ1) is 18.5. The van der Waals surface area contributed by atoms with Crippen LogP contribution in [0.25, 0.3) is 0 Å². The first-order chi connectivity index (χ1) is 13.6. The number of methoxy groups -OCH3 is 2. The SMILES string of the molecule is COc1ccc(C2(C(=O)Nc3ncc(Cc4cccc(OC)c4)s3)CC2)cc1. The smallest absolute Gasteiger partial charge is 0.236 e. The average Bonchev–Trinajstić information content (AvgIpc) is 3.44. The Bertz CT molecular complexity index is 977. The number of hydrogen-bond acceptors (Lipinski definition) is 5. The van der Waals surface area contributed by atoms with Crippen molar-refractivity contribution in [2.45, 2.75) is 24.7 Å². The molecule has 1 aliphatic carbocycles. The number of anilines is 1. The highest BCUT2D eigenvalue weighted by molar-refractivity contribution is 7.15. The fourth-order valence-electron chi connectivity index (χ4n) is 3.33. The molecule has 0 spiro atoms. The second kappa shape index (κ2) is 7.64. The van der Waals surface area contributed by atoms with Gasteiger partial charge in [-0.25, -0.2) is 4.98 Å². The summed E-state index contributed by atoms with van der Waals surface area (Å²) in [6.45, 7) is 0. The Labute approximate surface area is 168 Å². The topological polar surface area (TPSA) is 60.5 Å². The predicted octanol–water partition coefficient (Wildman–Crippen LogP) is 4.42. The van der Waals surface area contributed by atoms with Gasteiger partial charge in [0.05, 0.1) is 19.6 Å². The van der Waals surface area contributed by atoms with Gasteiger partial charge in [0, 0.05) is 17.5 Å². The minimum Gasteiger partial charge on any atom is -0.497 e. The summed E-state index contributed by atoms with van der Waals surface area (Å²) < 4.78 is 10.5. The van der Waals surface area contributed by atoms with Gasteiger partial charge < -0.3 is 14.8 Å². The Kier molecular flexibility index (Phi) is 5.05. The third-order valence-corrected chi connectivity index (χ3v) is 6.03. The molecule has 0 unspecified atom stereocenters. The van der Waals surface area contributed by atoms with Crippen LogP contribution in [0.3, 0.4) is 0 Å². The predicted molar refractivity (Wildman–Crippen MR) is 110 cm³/mol. The molecule has 1 heterocycles. The number of ether oxygens (including phenoxy) is 2. The van der Waals surface area contributed by atoms with E-state index in [4.69, 9.17) is 9.47 Å². The van der Waals surface area contributed by atoms with E-state index < -0.39 is 5.41 Å². The Morgan fingerprint density at radius 2 is 1.86 bits per heavy atom. The summed E-state index contributed by atoms with van der Waals surface area (Å²) >= 11 is 1.51. The van der Waals surface area contributed by atoms with Crippen LogP contribution in [0.5, 0.6) is 11.5 Å². The van der Waals surface area contributed by atoms with E-state index in [0.717, 1.165) is 46.8 Å². The van der Waals surface area contributed by atoms with Gasteiger partial charge in [0.25, 0.3) is 0 Å². The molecule has 3 aromatic rings. The summed E-state index contributed by atoms with van der Waals surface area (Å²) in [5.41, 5.74) is 1.74. The van der Waals surface area contributed by atoms with Crippen molar-refractivity contribution in [3.8, 4) is 11.5 Å². The molecule has 0 atom stereocenters. The molecule has 28 heavy (non-hydrogen) atoms. The van der Waals surface area contributed by atoms with Gasteiger partial charge >= 0.3 is 0 Å². The number of amides is 1. The number of hydrogen-bond donors (Lipinski definition) is 1. The minimum atomic E-state index is -0.440. The Morgan fingerprint density at radius 1 is 1.11 bits per heavy atom. The molecule has 6 heteroatoms. The number of nitrogens with zero attached hydrogens (tertiary/aromatic N) is 1. The van der Waals surface area contributed by atoms with Crippen LogP contribution in [0.1, 0.15) is 28.8 Å². The molecule has 1 N–H and O–H groups in total. The van der Waals surface area contributed by atoms with E-state index in [1.54, 1.807) is 14.2 Å². The third-order valence-electron chi connectivity index (χ3n) is 5.11. The molecule has 1 aromatic heterocycles. The fraction of sp³-hybridized carbons (Fsp3) is 0.273. The number of carbonyl (C=O) groups excluding carboxylic acids is 1. The van der Waals surface area contributed by atoms with Gasteiger partial charge in [-0.15, -0.1) is 11.3 Å². The molecule has 2 aromatic carbocycles. The van der Waals surface area contributed by atoms with E-state index in [-0.39, 0.29) is 5.91 Å². The van der Waals surface area contributed by atoms with Crippen molar-refractivity contribution in [1.82, 2.24) is 4.98 Å². The van der Waals surface area contributed by atoms with Gasteiger partial charge in [0.1, 0.15) is 11.5 Å². The van der Waals surface area contributed by atoms with Gasteiger partial charge in [-0.1, -0.05) is 24.3 Å². The van der Waals surface area contributed by atoms with Crippen molar-refractivity contribution in [3.63, 3.8) is 0 Å². The maximum Gasteiger partial charge on any atom is 0.236 e. The van der Waals surface area contributed by atoms with Gasteiger partial charge in [-0.3, -0.25) is 4.79 Å². The molecular formula is C22H22N2O3S. The van der Waals surface area contributed by atoms with E-state index >= 15 is 0 Å². The largest absolute Gasteiger partial charge is 0.497 e. The number of rotatable bonds is 7. The average molecular weight is 394 g/mol. The van der Waals surface area contributed by atoms with Crippen molar-refractivity contribution >= 4 is 22.4 Å². The lowest BCUT2D eigenvalue weighted by molar-refractivity contribution is -0.118. The highest BCUT2D eigenvalue weighted by Gasteiger charge is 2.51. The van der Waals surface area contributed by atoms with E-state index in [2.05, 4.69) is 16.4 Å². The van der Waals surface area contributed by atoms with E-state index in [1.807, 2.05) is 48.7 Å². The zero-order valence-electron chi connectivity index (χ0n) is 15.9. The number of nitrogens with one attached hydrogen (secondary N) is 1. The van der Waals surface area contributed by atoms with Crippen LogP contribution in [0, 0.1) is 0 Å². The third kappa shape index (κ3) is 3.73. The molecular weight excluding hydrogens is 372 g/mol. The maximum atomic E-state index is 12.9. The van der Waals surface area contributed by atoms with Crippen LogP contribution < -0.4 is 14.8 Å². The van der Waals surface area contributed by atoms with E-state index in [0.29, 0.717) is 5.13 Å². The summed E-state index contributed by atoms with van der Waals surface area (Å²) in [7, 11) is 3.30.